The molecule has 0 spiro atoms. The first-order chi connectivity index (χ1) is 7.85. The highest BCUT2D eigenvalue weighted by Crippen LogP contribution is 2.30. The molecule has 0 aromatic heterocycles. The molecule has 0 amide bonds. The van der Waals surface area contributed by atoms with E-state index in [0.29, 0.717) is 6.61 Å². The molecule has 88 valence electrons. The number of methoxy groups -OCH3 is 2. The van der Waals surface area contributed by atoms with Crippen LogP contribution in [-0.2, 0) is 4.74 Å². The van der Waals surface area contributed by atoms with E-state index in [1.807, 2.05) is 18.2 Å². The maximum absolute atomic E-state index is 5.45. The fourth-order valence-electron chi connectivity index (χ4n) is 1.88. The van der Waals surface area contributed by atoms with E-state index in [1.165, 1.54) is 0 Å². The third-order valence-corrected chi connectivity index (χ3v) is 2.73. The Morgan fingerprint density at radius 3 is 2.81 bits per heavy atom. The molecule has 0 aliphatic carbocycles. The molecule has 16 heavy (non-hydrogen) atoms. The standard InChI is InChI=1S/C12H17NO3/c1-14-9-3-4-12(15-2)10(7-9)11-8-16-6-5-13-11/h3-4,7,11,13H,5-6,8H2,1-2H3. The lowest BCUT2D eigenvalue weighted by Gasteiger charge is -2.25. The Balaban J connectivity index is 2.27. The van der Waals surface area contributed by atoms with Gasteiger partial charge in [-0.05, 0) is 18.2 Å². The summed E-state index contributed by atoms with van der Waals surface area (Å²) in [5.74, 6) is 1.70. The molecular weight excluding hydrogens is 206 g/mol. The SMILES string of the molecule is COc1ccc(OC)c(C2COCCN2)c1. The van der Waals surface area contributed by atoms with Crippen LogP contribution in [0.5, 0.6) is 11.5 Å². The van der Waals surface area contributed by atoms with Crippen molar-refractivity contribution in [2.75, 3.05) is 34.0 Å². The molecule has 0 radical (unpaired) electrons. The lowest BCUT2D eigenvalue weighted by Crippen LogP contribution is -2.34. The maximum Gasteiger partial charge on any atom is 0.123 e. The fraction of sp³-hybridized carbons (Fsp3) is 0.500. The molecule has 1 aromatic rings. The Morgan fingerprint density at radius 1 is 1.31 bits per heavy atom. The zero-order chi connectivity index (χ0) is 11.4. The summed E-state index contributed by atoms with van der Waals surface area (Å²) in [4.78, 5) is 0. The maximum atomic E-state index is 5.45. The molecule has 1 aromatic carbocycles. The highest BCUT2D eigenvalue weighted by molar-refractivity contribution is 5.42. The van der Waals surface area contributed by atoms with E-state index in [9.17, 15) is 0 Å². The summed E-state index contributed by atoms with van der Waals surface area (Å²) in [6.45, 7) is 2.30. The van der Waals surface area contributed by atoms with Crippen molar-refractivity contribution in [2.24, 2.45) is 0 Å². The number of rotatable bonds is 3. The minimum Gasteiger partial charge on any atom is -0.497 e. The second-order valence-corrected chi connectivity index (χ2v) is 3.69. The van der Waals surface area contributed by atoms with Gasteiger partial charge in [0.05, 0.1) is 33.5 Å². The summed E-state index contributed by atoms with van der Waals surface area (Å²) in [6.07, 6.45) is 0. The molecule has 1 atom stereocenters. The molecule has 1 aliphatic heterocycles. The summed E-state index contributed by atoms with van der Waals surface area (Å²) in [7, 11) is 3.34. The number of nitrogens with one attached hydrogen (secondary N) is 1. The average Bonchev–Trinajstić information content (AvgIpc) is 2.39. The Labute approximate surface area is 95.5 Å². The van der Waals surface area contributed by atoms with E-state index >= 15 is 0 Å². The van der Waals surface area contributed by atoms with E-state index in [-0.39, 0.29) is 6.04 Å². The van der Waals surface area contributed by atoms with Gasteiger partial charge in [0.15, 0.2) is 0 Å². The first kappa shape index (κ1) is 11.2. The summed E-state index contributed by atoms with van der Waals surface area (Å²) < 4.78 is 16.0. The number of hydrogen-bond donors (Lipinski definition) is 1. The van der Waals surface area contributed by atoms with Crippen molar-refractivity contribution in [3.8, 4) is 11.5 Å². The summed E-state index contributed by atoms with van der Waals surface area (Å²) in [5.41, 5.74) is 1.08. The number of morpholine rings is 1. The van der Waals surface area contributed by atoms with Gasteiger partial charge >= 0.3 is 0 Å². The second-order valence-electron chi connectivity index (χ2n) is 3.69. The van der Waals surface area contributed by atoms with Crippen molar-refractivity contribution in [1.29, 1.82) is 0 Å². The largest absolute Gasteiger partial charge is 0.497 e. The minimum absolute atomic E-state index is 0.179. The third kappa shape index (κ3) is 2.28. The summed E-state index contributed by atoms with van der Waals surface area (Å²) in [5, 5.41) is 3.40. The third-order valence-electron chi connectivity index (χ3n) is 2.73. The van der Waals surface area contributed by atoms with Crippen LogP contribution in [0.25, 0.3) is 0 Å². The van der Waals surface area contributed by atoms with Crippen LogP contribution < -0.4 is 14.8 Å². The van der Waals surface area contributed by atoms with Crippen molar-refractivity contribution in [3.05, 3.63) is 23.8 Å². The van der Waals surface area contributed by atoms with Gasteiger partial charge in [0.25, 0.3) is 0 Å². The molecule has 4 nitrogen and oxygen atoms in total. The van der Waals surface area contributed by atoms with Crippen LogP contribution in [0.2, 0.25) is 0 Å². The van der Waals surface area contributed by atoms with Gasteiger partial charge in [-0.2, -0.15) is 0 Å². The molecule has 1 N–H and O–H groups in total. The number of hydrogen-bond acceptors (Lipinski definition) is 4. The Hall–Kier alpha value is -1.26. The smallest absolute Gasteiger partial charge is 0.123 e. The quantitative estimate of drug-likeness (QED) is 0.840. The Kier molecular flexibility index (Phi) is 3.64. The van der Waals surface area contributed by atoms with Gasteiger partial charge in [0.2, 0.25) is 0 Å². The molecule has 2 rings (SSSR count). The van der Waals surface area contributed by atoms with Crippen LogP contribution in [-0.4, -0.2) is 34.0 Å². The van der Waals surface area contributed by atoms with Gasteiger partial charge in [0, 0.05) is 12.1 Å². The van der Waals surface area contributed by atoms with E-state index in [1.54, 1.807) is 14.2 Å². The molecule has 1 heterocycles. The molecule has 1 aliphatic rings. The van der Waals surface area contributed by atoms with Gasteiger partial charge in [-0.15, -0.1) is 0 Å². The van der Waals surface area contributed by atoms with Crippen molar-refractivity contribution >= 4 is 0 Å². The summed E-state index contributed by atoms with van der Waals surface area (Å²) in [6, 6.07) is 5.99. The average molecular weight is 223 g/mol. The van der Waals surface area contributed by atoms with Crippen LogP contribution >= 0.6 is 0 Å². The first-order valence-corrected chi connectivity index (χ1v) is 5.38. The van der Waals surface area contributed by atoms with Crippen LogP contribution in [0.15, 0.2) is 18.2 Å². The number of ether oxygens (including phenoxy) is 3. The highest BCUT2D eigenvalue weighted by atomic mass is 16.5. The van der Waals surface area contributed by atoms with E-state index in [2.05, 4.69) is 5.32 Å². The number of benzene rings is 1. The van der Waals surface area contributed by atoms with Crippen LogP contribution in [0.4, 0.5) is 0 Å². The molecule has 0 saturated carbocycles. The Bertz CT molecular complexity index is 348. The minimum atomic E-state index is 0.179. The lowest BCUT2D eigenvalue weighted by molar-refractivity contribution is 0.0760. The molecule has 1 fully saturated rings. The van der Waals surface area contributed by atoms with Crippen molar-refractivity contribution < 1.29 is 14.2 Å². The molecule has 4 heteroatoms. The highest BCUT2D eigenvalue weighted by Gasteiger charge is 2.19. The van der Waals surface area contributed by atoms with E-state index in [0.717, 1.165) is 30.2 Å². The zero-order valence-corrected chi connectivity index (χ0v) is 9.66. The van der Waals surface area contributed by atoms with Gasteiger partial charge in [-0.1, -0.05) is 0 Å². The molecular formula is C12H17NO3. The van der Waals surface area contributed by atoms with Crippen molar-refractivity contribution in [3.63, 3.8) is 0 Å². The molecule has 0 bridgehead atoms. The molecule has 1 saturated heterocycles. The van der Waals surface area contributed by atoms with Crippen LogP contribution in [0.1, 0.15) is 11.6 Å². The predicted molar refractivity (Wildman–Crippen MR) is 61.1 cm³/mol. The van der Waals surface area contributed by atoms with Crippen LogP contribution in [0, 0.1) is 0 Å². The van der Waals surface area contributed by atoms with Crippen molar-refractivity contribution in [2.45, 2.75) is 6.04 Å². The topological polar surface area (TPSA) is 39.7 Å². The first-order valence-electron chi connectivity index (χ1n) is 5.38. The van der Waals surface area contributed by atoms with Gasteiger partial charge in [0.1, 0.15) is 11.5 Å². The zero-order valence-electron chi connectivity index (χ0n) is 9.66. The monoisotopic (exact) mass is 223 g/mol. The van der Waals surface area contributed by atoms with E-state index in [4.69, 9.17) is 14.2 Å². The van der Waals surface area contributed by atoms with Gasteiger partial charge in [-0.25, -0.2) is 0 Å². The van der Waals surface area contributed by atoms with Gasteiger partial charge < -0.3 is 19.5 Å². The van der Waals surface area contributed by atoms with Crippen LogP contribution in [0.3, 0.4) is 0 Å². The molecule has 1 unspecified atom stereocenters. The van der Waals surface area contributed by atoms with Gasteiger partial charge in [-0.3, -0.25) is 0 Å². The lowest BCUT2D eigenvalue weighted by atomic mass is 10.1. The van der Waals surface area contributed by atoms with E-state index < -0.39 is 0 Å². The fourth-order valence-corrected chi connectivity index (χ4v) is 1.88. The Morgan fingerprint density at radius 2 is 2.19 bits per heavy atom. The predicted octanol–water partition coefficient (Wildman–Crippen LogP) is 1.36. The second kappa shape index (κ2) is 5.18. The van der Waals surface area contributed by atoms with Crippen molar-refractivity contribution in [1.82, 2.24) is 5.32 Å². The normalized spacial score (nSPS) is 20.5. The summed E-state index contributed by atoms with van der Waals surface area (Å²) >= 11 is 0.